The number of fused-ring (bicyclic) bond motifs is 1. The summed E-state index contributed by atoms with van der Waals surface area (Å²) in [5.74, 6) is 0.849. The lowest BCUT2D eigenvalue weighted by atomic mass is 10.2. The number of anilines is 1. The van der Waals surface area contributed by atoms with Crippen molar-refractivity contribution < 1.29 is 0 Å². The van der Waals surface area contributed by atoms with Crippen molar-refractivity contribution in [2.45, 2.75) is 20.4 Å². The Bertz CT molecular complexity index is 693. The minimum absolute atomic E-state index is 0.794. The molecule has 0 aliphatic heterocycles. The molecular weight excluding hydrogens is 254 g/mol. The second kappa shape index (κ2) is 4.97. The molecule has 0 saturated heterocycles. The summed E-state index contributed by atoms with van der Waals surface area (Å²) in [5, 5.41) is 13.8. The van der Waals surface area contributed by atoms with E-state index in [4.69, 9.17) is 0 Å². The van der Waals surface area contributed by atoms with Gasteiger partial charge in [0.1, 0.15) is 0 Å². The van der Waals surface area contributed by atoms with Crippen molar-refractivity contribution in [2.75, 3.05) is 5.32 Å². The van der Waals surface area contributed by atoms with E-state index in [2.05, 4.69) is 47.6 Å². The van der Waals surface area contributed by atoms with Crippen LogP contribution in [0.5, 0.6) is 0 Å². The Morgan fingerprint density at radius 2 is 2.05 bits per heavy atom. The smallest absolute Gasteiger partial charge is 0.156 e. The van der Waals surface area contributed by atoms with Gasteiger partial charge in [-0.25, -0.2) is 0 Å². The zero-order valence-corrected chi connectivity index (χ0v) is 11.8. The summed E-state index contributed by atoms with van der Waals surface area (Å²) in [5.41, 5.74) is 1.35. The van der Waals surface area contributed by atoms with Gasteiger partial charge in [0.15, 0.2) is 5.82 Å². The topological polar surface area (TPSA) is 37.8 Å². The molecule has 0 bridgehead atoms. The van der Waals surface area contributed by atoms with E-state index in [-0.39, 0.29) is 0 Å². The molecule has 19 heavy (non-hydrogen) atoms. The van der Waals surface area contributed by atoms with Gasteiger partial charge in [-0.15, -0.1) is 16.4 Å². The normalized spacial score (nSPS) is 10.8. The van der Waals surface area contributed by atoms with E-state index < -0.39 is 0 Å². The van der Waals surface area contributed by atoms with Crippen LogP contribution in [0.1, 0.15) is 15.3 Å². The Kier molecular flexibility index (Phi) is 3.17. The molecule has 0 fully saturated rings. The molecule has 0 saturated carbocycles. The van der Waals surface area contributed by atoms with E-state index in [1.165, 1.54) is 15.3 Å². The molecule has 1 aromatic carbocycles. The number of hydrogen-bond acceptors (Lipinski definition) is 4. The van der Waals surface area contributed by atoms with Crippen molar-refractivity contribution in [1.82, 2.24) is 10.2 Å². The summed E-state index contributed by atoms with van der Waals surface area (Å²) in [6.07, 6.45) is 1.79. The molecule has 3 nitrogen and oxygen atoms in total. The molecule has 0 unspecified atom stereocenters. The van der Waals surface area contributed by atoms with Crippen molar-refractivity contribution in [3.8, 4) is 0 Å². The average Bonchev–Trinajstić information content (AvgIpc) is 2.75. The first-order valence-electron chi connectivity index (χ1n) is 6.24. The van der Waals surface area contributed by atoms with Crippen LogP contribution in [-0.4, -0.2) is 10.2 Å². The van der Waals surface area contributed by atoms with Crippen molar-refractivity contribution in [3.63, 3.8) is 0 Å². The van der Waals surface area contributed by atoms with Gasteiger partial charge in [0.25, 0.3) is 0 Å². The van der Waals surface area contributed by atoms with Gasteiger partial charge >= 0.3 is 0 Å². The number of hydrogen-bond donors (Lipinski definition) is 1. The van der Waals surface area contributed by atoms with Crippen LogP contribution in [0.15, 0.2) is 36.5 Å². The van der Waals surface area contributed by atoms with Crippen LogP contribution >= 0.6 is 11.3 Å². The maximum atomic E-state index is 4.19. The van der Waals surface area contributed by atoms with Crippen LogP contribution < -0.4 is 5.32 Å². The number of thiophene rings is 1. The number of nitrogens with one attached hydrogen (secondary N) is 1. The Balaban J connectivity index is 1.85. The lowest BCUT2D eigenvalue weighted by Gasteiger charge is -2.06. The summed E-state index contributed by atoms with van der Waals surface area (Å²) in [4.78, 5) is 2.70. The SMILES string of the molecule is Cc1cc(CNc2nncc3ccccc23)sc1C. The first kappa shape index (κ1) is 12.1. The van der Waals surface area contributed by atoms with Gasteiger partial charge < -0.3 is 5.32 Å². The first-order valence-corrected chi connectivity index (χ1v) is 7.06. The third kappa shape index (κ3) is 2.44. The fraction of sp³-hybridized carbons (Fsp3) is 0.200. The minimum Gasteiger partial charge on any atom is -0.363 e. The van der Waals surface area contributed by atoms with Gasteiger partial charge in [-0.1, -0.05) is 24.3 Å². The van der Waals surface area contributed by atoms with Crippen molar-refractivity contribution in [1.29, 1.82) is 0 Å². The van der Waals surface area contributed by atoms with Crippen LogP contribution in [0, 0.1) is 13.8 Å². The lowest BCUT2D eigenvalue weighted by molar-refractivity contribution is 1.02. The Labute approximate surface area is 116 Å². The fourth-order valence-electron chi connectivity index (χ4n) is 2.07. The third-order valence-corrected chi connectivity index (χ3v) is 4.37. The van der Waals surface area contributed by atoms with Crippen LogP contribution in [0.3, 0.4) is 0 Å². The fourth-order valence-corrected chi connectivity index (χ4v) is 3.06. The van der Waals surface area contributed by atoms with Gasteiger partial charge in [0, 0.05) is 20.5 Å². The van der Waals surface area contributed by atoms with Crippen LogP contribution in [0.4, 0.5) is 5.82 Å². The maximum Gasteiger partial charge on any atom is 0.156 e. The van der Waals surface area contributed by atoms with E-state index in [0.29, 0.717) is 0 Å². The number of aryl methyl sites for hydroxylation is 2. The highest BCUT2D eigenvalue weighted by molar-refractivity contribution is 7.12. The van der Waals surface area contributed by atoms with Crippen LogP contribution in [0.2, 0.25) is 0 Å². The molecule has 0 radical (unpaired) electrons. The molecule has 0 aliphatic carbocycles. The van der Waals surface area contributed by atoms with Crippen molar-refractivity contribution in [3.05, 3.63) is 51.8 Å². The van der Waals surface area contributed by atoms with Crippen molar-refractivity contribution >= 4 is 27.9 Å². The minimum atomic E-state index is 0.794. The molecule has 3 rings (SSSR count). The zero-order chi connectivity index (χ0) is 13.2. The molecule has 1 N–H and O–H groups in total. The standard InChI is InChI=1S/C15H15N3S/c1-10-7-13(19-11(10)2)9-16-15-14-6-4-3-5-12(14)8-17-18-15/h3-8H,9H2,1-2H3,(H,16,18). The molecule has 4 heteroatoms. The molecule has 0 atom stereocenters. The molecule has 3 aromatic rings. The summed E-state index contributed by atoms with van der Waals surface area (Å²) < 4.78 is 0. The van der Waals surface area contributed by atoms with E-state index in [1.54, 1.807) is 6.20 Å². The molecule has 2 heterocycles. The van der Waals surface area contributed by atoms with Crippen LogP contribution in [-0.2, 0) is 6.54 Å². The van der Waals surface area contributed by atoms with Gasteiger partial charge in [0.05, 0.1) is 12.7 Å². The predicted octanol–water partition coefficient (Wildman–Crippen LogP) is 3.92. The largest absolute Gasteiger partial charge is 0.363 e. The lowest BCUT2D eigenvalue weighted by Crippen LogP contribution is -2.01. The molecule has 0 aliphatic rings. The summed E-state index contributed by atoms with van der Waals surface area (Å²) in [6, 6.07) is 10.4. The molecule has 96 valence electrons. The molecular formula is C15H15N3S. The molecule has 2 aromatic heterocycles. The Hall–Kier alpha value is -1.94. The average molecular weight is 269 g/mol. The summed E-state index contributed by atoms with van der Waals surface area (Å²) in [6.45, 7) is 5.09. The number of rotatable bonds is 3. The third-order valence-electron chi connectivity index (χ3n) is 3.22. The highest BCUT2D eigenvalue weighted by Gasteiger charge is 2.05. The Morgan fingerprint density at radius 1 is 1.21 bits per heavy atom. The number of aromatic nitrogens is 2. The predicted molar refractivity (Wildman–Crippen MR) is 80.7 cm³/mol. The quantitative estimate of drug-likeness (QED) is 0.783. The van der Waals surface area contributed by atoms with E-state index in [0.717, 1.165) is 23.1 Å². The van der Waals surface area contributed by atoms with Gasteiger partial charge in [0.2, 0.25) is 0 Å². The van der Waals surface area contributed by atoms with Crippen molar-refractivity contribution in [2.24, 2.45) is 0 Å². The van der Waals surface area contributed by atoms with E-state index >= 15 is 0 Å². The number of benzene rings is 1. The maximum absolute atomic E-state index is 4.19. The number of nitrogens with zero attached hydrogens (tertiary/aromatic N) is 2. The molecule has 0 spiro atoms. The second-order valence-corrected chi connectivity index (χ2v) is 5.93. The summed E-state index contributed by atoms with van der Waals surface area (Å²) >= 11 is 1.83. The highest BCUT2D eigenvalue weighted by atomic mass is 32.1. The monoisotopic (exact) mass is 269 g/mol. The zero-order valence-electron chi connectivity index (χ0n) is 11.0. The van der Waals surface area contributed by atoms with Gasteiger partial charge in [-0.2, -0.15) is 5.10 Å². The summed E-state index contributed by atoms with van der Waals surface area (Å²) in [7, 11) is 0. The first-order chi connectivity index (χ1) is 9.24. The Morgan fingerprint density at radius 3 is 2.84 bits per heavy atom. The molecule has 0 amide bonds. The van der Waals surface area contributed by atoms with E-state index in [9.17, 15) is 0 Å². The van der Waals surface area contributed by atoms with Crippen LogP contribution in [0.25, 0.3) is 10.8 Å². The van der Waals surface area contributed by atoms with Gasteiger partial charge in [-0.05, 0) is 25.5 Å². The highest BCUT2D eigenvalue weighted by Crippen LogP contribution is 2.23. The second-order valence-electron chi connectivity index (χ2n) is 4.59. The van der Waals surface area contributed by atoms with Gasteiger partial charge in [-0.3, -0.25) is 0 Å². The van der Waals surface area contributed by atoms with E-state index in [1.807, 2.05) is 23.5 Å².